The second-order valence-electron chi connectivity index (χ2n) is 5.04. The molecule has 23 heavy (non-hydrogen) atoms. The van der Waals surface area contributed by atoms with Crippen molar-refractivity contribution >= 4 is 34.8 Å². The van der Waals surface area contributed by atoms with E-state index in [1.807, 2.05) is 0 Å². The summed E-state index contributed by atoms with van der Waals surface area (Å²) in [7, 11) is 0. The van der Waals surface area contributed by atoms with Crippen LogP contribution in [0.4, 0.5) is 13.2 Å². The maximum absolute atomic E-state index is 12.9. The van der Waals surface area contributed by atoms with E-state index < -0.39 is 17.3 Å². The van der Waals surface area contributed by atoms with Gasteiger partial charge in [0.15, 0.2) is 5.60 Å². The minimum absolute atomic E-state index is 0.00924. The predicted molar refractivity (Wildman–Crippen MR) is 83.0 cm³/mol. The van der Waals surface area contributed by atoms with Crippen molar-refractivity contribution in [3.05, 3.63) is 62.4 Å². The van der Waals surface area contributed by atoms with Crippen molar-refractivity contribution in [3.8, 4) is 0 Å². The topological polar surface area (TPSA) is 33.1 Å². The van der Waals surface area contributed by atoms with E-state index >= 15 is 0 Å². The summed E-state index contributed by atoms with van der Waals surface area (Å²) in [6, 6.07) is 6.63. The lowest BCUT2D eigenvalue weighted by Crippen LogP contribution is -2.39. The number of hydrogen-bond acceptors (Lipinski definition) is 2. The van der Waals surface area contributed by atoms with Gasteiger partial charge in [0.1, 0.15) is 0 Å². The maximum Gasteiger partial charge on any atom is 0.421 e. The highest BCUT2D eigenvalue weighted by molar-refractivity contribution is 6.36. The Morgan fingerprint density at radius 2 is 1.87 bits per heavy atom. The molecule has 1 heterocycles. The Balaban J connectivity index is 2.40. The van der Waals surface area contributed by atoms with Crippen molar-refractivity contribution in [3.63, 3.8) is 0 Å². The Hall–Kier alpha value is -1.01. The van der Waals surface area contributed by atoms with Crippen molar-refractivity contribution in [2.45, 2.75) is 25.1 Å². The van der Waals surface area contributed by atoms with Gasteiger partial charge in [0.25, 0.3) is 0 Å². The van der Waals surface area contributed by atoms with E-state index in [2.05, 4.69) is 11.1 Å². The van der Waals surface area contributed by atoms with Gasteiger partial charge in [-0.1, -0.05) is 34.8 Å². The molecule has 0 aliphatic rings. The van der Waals surface area contributed by atoms with Crippen LogP contribution in [0.15, 0.2) is 24.4 Å². The molecule has 2 nitrogen and oxygen atoms in total. The van der Waals surface area contributed by atoms with Crippen molar-refractivity contribution < 1.29 is 18.3 Å². The largest absolute Gasteiger partial charge is 0.421 e. The molecule has 0 fully saturated rings. The van der Waals surface area contributed by atoms with Crippen LogP contribution in [0.3, 0.4) is 0 Å². The molecule has 0 bridgehead atoms. The van der Waals surface area contributed by atoms with Gasteiger partial charge in [-0.3, -0.25) is 4.98 Å². The first kappa shape index (κ1) is 18.3. The summed E-state index contributed by atoms with van der Waals surface area (Å²) < 4.78 is 38.7. The van der Waals surface area contributed by atoms with Crippen molar-refractivity contribution in [2.24, 2.45) is 0 Å². The van der Waals surface area contributed by atoms with Gasteiger partial charge in [0.05, 0.1) is 10.0 Å². The lowest BCUT2D eigenvalue weighted by Gasteiger charge is -2.27. The Bertz CT molecular complexity index is 692. The molecule has 2 rings (SSSR count). The van der Waals surface area contributed by atoms with Crippen LogP contribution in [0.5, 0.6) is 0 Å². The zero-order valence-corrected chi connectivity index (χ0v) is 13.9. The molecule has 2 aromatic rings. The normalized spacial score (nSPS) is 14.6. The van der Waals surface area contributed by atoms with Gasteiger partial charge in [-0.2, -0.15) is 13.2 Å². The molecule has 0 aliphatic heterocycles. The average molecular weight is 384 g/mol. The zero-order valence-electron chi connectivity index (χ0n) is 11.7. The molecule has 1 radical (unpaired) electrons. The Kier molecular flexibility index (Phi) is 5.16. The van der Waals surface area contributed by atoms with E-state index in [-0.39, 0.29) is 16.5 Å². The number of rotatable bonds is 3. The predicted octanol–water partition coefficient (Wildman–Crippen LogP) is 5.20. The molecule has 1 aromatic heterocycles. The summed E-state index contributed by atoms with van der Waals surface area (Å²) in [6.07, 6.45) is -3.25. The summed E-state index contributed by atoms with van der Waals surface area (Å²) >= 11 is 17.8. The smallest absolute Gasteiger partial charge is 0.376 e. The van der Waals surface area contributed by atoms with Crippen LogP contribution in [0, 0.1) is 6.07 Å². The Labute approximate surface area is 145 Å². The van der Waals surface area contributed by atoms with Gasteiger partial charge >= 0.3 is 6.18 Å². The first-order chi connectivity index (χ1) is 10.5. The number of hydrogen-bond donors (Lipinski definition) is 1. The number of benzene rings is 1. The van der Waals surface area contributed by atoms with Crippen LogP contribution in [0.25, 0.3) is 0 Å². The maximum atomic E-state index is 12.9. The van der Waals surface area contributed by atoms with Gasteiger partial charge in [0.2, 0.25) is 0 Å². The summed E-state index contributed by atoms with van der Waals surface area (Å²) in [5, 5.41) is 10.0. The molecule has 123 valence electrons. The number of aromatic nitrogens is 1. The van der Waals surface area contributed by atoms with Crippen LogP contribution in [0.1, 0.15) is 23.7 Å². The standard InChI is InChI=1S/C15H10Cl3F3NO/c1-14(23,15(19,20)21)8-4-12(17)11(13(18)5-8)6-10-3-2-9(16)7-22-10/h2-4,7,23H,6H2,1H3/t14-/m0/s1. The molecule has 1 aromatic carbocycles. The molecule has 0 aliphatic carbocycles. The third-order valence-electron chi connectivity index (χ3n) is 3.29. The monoisotopic (exact) mass is 382 g/mol. The lowest BCUT2D eigenvalue weighted by atomic mass is 9.93. The fourth-order valence-corrected chi connectivity index (χ4v) is 2.52. The fraction of sp³-hybridized carbons (Fsp3) is 0.267. The number of aliphatic hydroxyl groups is 1. The van der Waals surface area contributed by atoms with Gasteiger partial charge in [0, 0.05) is 35.0 Å². The highest BCUT2D eigenvalue weighted by Gasteiger charge is 2.51. The number of pyridine rings is 1. The summed E-state index contributed by atoms with van der Waals surface area (Å²) in [5.74, 6) is 0. The first-order valence-electron chi connectivity index (χ1n) is 6.32. The minimum Gasteiger partial charge on any atom is -0.376 e. The van der Waals surface area contributed by atoms with E-state index in [0.29, 0.717) is 23.2 Å². The highest BCUT2D eigenvalue weighted by atomic mass is 35.5. The van der Waals surface area contributed by atoms with Gasteiger partial charge in [-0.05, 0) is 30.7 Å². The third kappa shape index (κ3) is 3.91. The van der Waals surface area contributed by atoms with Crippen LogP contribution in [-0.2, 0) is 12.0 Å². The summed E-state index contributed by atoms with van der Waals surface area (Å²) in [5.41, 5.74) is -2.70. The van der Waals surface area contributed by atoms with E-state index in [9.17, 15) is 18.3 Å². The van der Waals surface area contributed by atoms with E-state index in [1.165, 1.54) is 6.20 Å². The first-order valence-corrected chi connectivity index (χ1v) is 7.46. The second kappa shape index (κ2) is 6.48. The third-order valence-corrected chi connectivity index (χ3v) is 4.18. The molecule has 8 heteroatoms. The molecular formula is C15H10Cl3F3NO. The van der Waals surface area contributed by atoms with Crippen molar-refractivity contribution in [1.29, 1.82) is 0 Å². The minimum atomic E-state index is -4.88. The van der Waals surface area contributed by atoms with Gasteiger partial charge < -0.3 is 5.11 Å². The van der Waals surface area contributed by atoms with E-state index in [0.717, 1.165) is 6.07 Å². The van der Waals surface area contributed by atoms with Gasteiger partial charge in [-0.15, -0.1) is 0 Å². The van der Waals surface area contributed by atoms with Crippen LogP contribution in [-0.4, -0.2) is 16.3 Å². The molecule has 1 atom stereocenters. The van der Waals surface area contributed by atoms with Crippen molar-refractivity contribution in [2.75, 3.05) is 0 Å². The highest BCUT2D eigenvalue weighted by Crippen LogP contribution is 2.41. The van der Waals surface area contributed by atoms with Gasteiger partial charge in [-0.25, -0.2) is 0 Å². The van der Waals surface area contributed by atoms with Crippen LogP contribution < -0.4 is 0 Å². The Morgan fingerprint density at radius 3 is 2.35 bits per heavy atom. The van der Waals surface area contributed by atoms with E-state index in [1.54, 1.807) is 12.1 Å². The zero-order chi connectivity index (χ0) is 17.4. The van der Waals surface area contributed by atoms with Crippen LogP contribution in [0.2, 0.25) is 15.1 Å². The molecule has 0 spiro atoms. The molecule has 0 saturated carbocycles. The average Bonchev–Trinajstić information content (AvgIpc) is 2.43. The number of nitrogens with zero attached hydrogens (tertiary/aromatic N) is 1. The number of halogens is 6. The quantitative estimate of drug-likeness (QED) is 0.790. The molecule has 0 amide bonds. The fourth-order valence-electron chi connectivity index (χ4n) is 1.82. The Morgan fingerprint density at radius 1 is 1.22 bits per heavy atom. The molecule has 1 N–H and O–H groups in total. The molecular weight excluding hydrogens is 374 g/mol. The summed E-state index contributed by atoms with van der Waals surface area (Å²) in [4.78, 5) is 4.07. The number of alkyl halides is 3. The summed E-state index contributed by atoms with van der Waals surface area (Å²) in [6.45, 7) is 0.617. The molecule has 0 saturated heterocycles. The SMILES string of the molecule is C[C@](O)(c1[c]c(Cl)c(Cc2ccc(Cl)cn2)c(Cl)c1)C(F)(F)F. The van der Waals surface area contributed by atoms with Crippen LogP contribution >= 0.6 is 34.8 Å². The lowest BCUT2D eigenvalue weighted by molar-refractivity contribution is -0.259. The molecule has 0 unspecified atom stereocenters. The van der Waals surface area contributed by atoms with Crippen molar-refractivity contribution in [1.82, 2.24) is 4.98 Å². The van der Waals surface area contributed by atoms with E-state index in [4.69, 9.17) is 34.8 Å². The second-order valence-corrected chi connectivity index (χ2v) is 6.26.